The molecule has 0 amide bonds. The van der Waals surface area contributed by atoms with Crippen LogP contribution in [-0.4, -0.2) is 35.3 Å². The minimum absolute atomic E-state index is 0.0400. The van der Waals surface area contributed by atoms with Crippen molar-refractivity contribution < 1.29 is 0 Å². The number of nitrogens with two attached hydrogens (primary N) is 1. The van der Waals surface area contributed by atoms with Crippen molar-refractivity contribution in [3.63, 3.8) is 0 Å². The second-order valence-electron chi connectivity index (χ2n) is 4.96. The van der Waals surface area contributed by atoms with Crippen LogP contribution in [0.15, 0.2) is 23.0 Å². The zero-order valence-corrected chi connectivity index (χ0v) is 13.3. The first kappa shape index (κ1) is 15.5. The van der Waals surface area contributed by atoms with Gasteiger partial charge in [-0.25, -0.2) is 0 Å². The summed E-state index contributed by atoms with van der Waals surface area (Å²) in [7, 11) is 4.07. The zero-order chi connectivity index (χ0) is 14.5. The third kappa shape index (κ3) is 3.80. The highest BCUT2D eigenvalue weighted by molar-refractivity contribution is 7.07. The minimum atomic E-state index is -0.0400. The maximum Gasteiger partial charge on any atom is 0.0834 e. The SMILES string of the molecule is CN(C)CCn1ncc(Cl)c1C(Cc1ccsc1)NN. The van der Waals surface area contributed by atoms with E-state index in [0.717, 1.165) is 25.2 Å². The van der Waals surface area contributed by atoms with Gasteiger partial charge < -0.3 is 4.90 Å². The number of rotatable bonds is 7. The number of likely N-dealkylation sites (N-methyl/N-ethyl adjacent to an activating group) is 1. The van der Waals surface area contributed by atoms with Gasteiger partial charge in [-0.2, -0.15) is 16.4 Å². The number of hydrazine groups is 1. The summed E-state index contributed by atoms with van der Waals surface area (Å²) in [5.74, 6) is 5.72. The van der Waals surface area contributed by atoms with Gasteiger partial charge in [-0.3, -0.25) is 16.0 Å². The number of hydrogen-bond donors (Lipinski definition) is 2. The fraction of sp³-hybridized carbons (Fsp3) is 0.462. The molecular formula is C13H20ClN5S. The third-order valence-electron chi connectivity index (χ3n) is 3.14. The summed E-state index contributed by atoms with van der Waals surface area (Å²) in [5, 5.41) is 9.19. The Balaban J connectivity index is 2.17. The lowest BCUT2D eigenvalue weighted by molar-refractivity contribution is 0.362. The normalized spacial score (nSPS) is 13.1. The van der Waals surface area contributed by atoms with E-state index in [1.807, 2.05) is 18.8 Å². The van der Waals surface area contributed by atoms with Crippen LogP contribution in [0.4, 0.5) is 0 Å². The topological polar surface area (TPSA) is 59.1 Å². The first-order chi connectivity index (χ1) is 9.61. The van der Waals surface area contributed by atoms with Crippen LogP contribution in [0.1, 0.15) is 17.3 Å². The Morgan fingerprint density at radius 3 is 2.95 bits per heavy atom. The number of halogens is 1. The molecule has 0 aliphatic carbocycles. The molecule has 0 fully saturated rings. The highest BCUT2D eigenvalue weighted by Gasteiger charge is 2.20. The molecule has 2 aromatic heterocycles. The van der Waals surface area contributed by atoms with Crippen LogP contribution in [0, 0.1) is 0 Å². The van der Waals surface area contributed by atoms with Gasteiger partial charge in [-0.05, 0) is 42.9 Å². The number of hydrogen-bond acceptors (Lipinski definition) is 5. The molecule has 110 valence electrons. The predicted molar refractivity (Wildman–Crippen MR) is 83.9 cm³/mol. The van der Waals surface area contributed by atoms with Crippen molar-refractivity contribution in [2.24, 2.45) is 5.84 Å². The second-order valence-corrected chi connectivity index (χ2v) is 6.15. The van der Waals surface area contributed by atoms with Crippen LogP contribution in [0.25, 0.3) is 0 Å². The quantitative estimate of drug-likeness (QED) is 0.605. The number of thiophene rings is 1. The maximum atomic E-state index is 6.28. The van der Waals surface area contributed by atoms with Gasteiger partial charge in [0.2, 0.25) is 0 Å². The van der Waals surface area contributed by atoms with E-state index in [4.69, 9.17) is 17.4 Å². The van der Waals surface area contributed by atoms with Gasteiger partial charge in [0.05, 0.1) is 29.5 Å². The van der Waals surface area contributed by atoms with E-state index in [9.17, 15) is 0 Å². The zero-order valence-electron chi connectivity index (χ0n) is 11.7. The number of aromatic nitrogens is 2. The monoisotopic (exact) mass is 313 g/mol. The fourth-order valence-corrected chi connectivity index (χ4v) is 3.02. The van der Waals surface area contributed by atoms with E-state index in [2.05, 4.69) is 32.3 Å². The molecule has 0 radical (unpaired) electrons. The lowest BCUT2D eigenvalue weighted by atomic mass is 10.1. The van der Waals surface area contributed by atoms with E-state index in [0.29, 0.717) is 5.02 Å². The molecule has 20 heavy (non-hydrogen) atoms. The summed E-state index contributed by atoms with van der Waals surface area (Å²) in [6.45, 7) is 1.69. The molecular weight excluding hydrogens is 294 g/mol. The number of nitrogens with zero attached hydrogens (tertiary/aromatic N) is 3. The van der Waals surface area contributed by atoms with Crippen molar-refractivity contribution in [1.29, 1.82) is 0 Å². The van der Waals surface area contributed by atoms with Crippen molar-refractivity contribution in [3.05, 3.63) is 39.3 Å². The summed E-state index contributed by atoms with van der Waals surface area (Å²) in [6.07, 6.45) is 2.48. The van der Waals surface area contributed by atoms with Crippen LogP contribution < -0.4 is 11.3 Å². The Morgan fingerprint density at radius 1 is 1.55 bits per heavy atom. The van der Waals surface area contributed by atoms with E-state index in [-0.39, 0.29) is 6.04 Å². The Bertz CT molecular complexity index is 523. The predicted octanol–water partition coefficient (Wildman–Crippen LogP) is 1.91. The lowest BCUT2D eigenvalue weighted by Gasteiger charge is -2.19. The number of nitrogens with one attached hydrogen (secondary N) is 1. The Morgan fingerprint density at radius 2 is 2.35 bits per heavy atom. The lowest BCUT2D eigenvalue weighted by Crippen LogP contribution is -2.32. The largest absolute Gasteiger partial charge is 0.308 e. The summed E-state index contributed by atoms with van der Waals surface area (Å²) < 4.78 is 1.93. The van der Waals surface area contributed by atoms with Crippen molar-refractivity contribution in [2.75, 3.05) is 20.6 Å². The van der Waals surface area contributed by atoms with Crippen molar-refractivity contribution in [2.45, 2.75) is 19.0 Å². The molecule has 0 aliphatic heterocycles. The molecule has 2 aromatic rings. The van der Waals surface area contributed by atoms with Gasteiger partial charge >= 0.3 is 0 Å². The summed E-state index contributed by atoms with van der Waals surface area (Å²) in [5.41, 5.74) is 5.05. The molecule has 0 bridgehead atoms. The molecule has 2 heterocycles. The van der Waals surface area contributed by atoms with Crippen LogP contribution in [0.5, 0.6) is 0 Å². The molecule has 1 atom stereocenters. The van der Waals surface area contributed by atoms with Gasteiger partial charge in [-0.1, -0.05) is 11.6 Å². The Labute approximate surface area is 128 Å². The molecule has 0 spiro atoms. The van der Waals surface area contributed by atoms with E-state index in [1.54, 1.807) is 17.5 Å². The molecule has 5 nitrogen and oxygen atoms in total. The minimum Gasteiger partial charge on any atom is -0.308 e. The maximum absolute atomic E-state index is 6.28. The van der Waals surface area contributed by atoms with Crippen LogP contribution in [0.3, 0.4) is 0 Å². The smallest absolute Gasteiger partial charge is 0.0834 e. The van der Waals surface area contributed by atoms with Gasteiger partial charge in [0.15, 0.2) is 0 Å². The molecule has 0 aliphatic rings. The highest BCUT2D eigenvalue weighted by atomic mass is 35.5. The first-order valence-corrected chi connectivity index (χ1v) is 7.77. The van der Waals surface area contributed by atoms with Crippen molar-refractivity contribution in [1.82, 2.24) is 20.1 Å². The van der Waals surface area contributed by atoms with Crippen LogP contribution in [-0.2, 0) is 13.0 Å². The summed E-state index contributed by atoms with van der Waals surface area (Å²) in [6, 6.07) is 2.06. The molecule has 1 unspecified atom stereocenters. The average molecular weight is 314 g/mol. The van der Waals surface area contributed by atoms with Gasteiger partial charge in [0, 0.05) is 6.54 Å². The molecule has 0 saturated carbocycles. The van der Waals surface area contributed by atoms with Gasteiger partial charge in [0.25, 0.3) is 0 Å². The van der Waals surface area contributed by atoms with Gasteiger partial charge in [0.1, 0.15) is 0 Å². The molecule has 0 aromatic carbocycles. The van der Waals surface area contributed by atoms with E-state index < -0.39 is 0 Å². The first-order valence-electron chi connectivity index (χ1n) is 6.45. The van der Waals surface area contributed by atoms with E-state index in [1.165, 1.54) is 5.56 Å². The molecule has 0 saturated heterocycles. The van der Waals surface area contributed by atoms with Crippen LogP contribution in [0.2, 0.25) is 5.02 Å². The second kappa shape index (κ2) is 7.19. The van der Waals surface area contributed by atoms with E-state index >= 15 is 0 Å². The molecule has 3 N–H and O–H groups in total. The van der Waals surface area contributed by atoms with Crippen LogP contribution >= 0.6 is 22.9 Å². The molecule has 7 heteroatoms. The third-order valence-corrected chi connectivity index (χ3v) is 4.17. The van der Waals surface area contributed by atoms with Gasteiger partial charge in [-0.15, -0.1) is 0 Å². The standard InChI is InChI=1S/C13H20ClN5S/c1-18(2)4-5-19-13(11(14)8-16-19)12(17-15)7-10-3-6-20-9-10/h3,6,8-9,12,17H,4-5,7,15H2,1-2H3. The highest BCUT2D eigenvalue weighted by Crippen LogP contribution is 2.26. The average Bonchev–Trinajstić information content (AvgIpc) is 3.03. The Kier molecular flexibility index (Phi) is 5.56. The summed E-state index contributed by atoms with van der Waals surface area (Å²) >= 11 is 7.97. The Hall–Kier alpha value is -0.920. The molecule has 2 rings (SSSR count). The van der Waals surface area contributed by atoms with Crippen molar-refractivity contribution in [3.8, 4) is 0 Å². The summed E-state index contributed by atoms with van der Waals surface area (Å²) in [4.78, 5) is 2.11. The van der Waals surface area contributed by atoms with Crippen molar-refractivity contribution >= 4 is 22.9 Å². The fourth-order valence-electron chi connectivity index (χ4n) is 2.07.